The van der Waals surface area contributed by atoms with Crippen LogP contribution in [0.5, 0.6) is 0 Å². The van der Waals surface area contributed by atoms with Crippen LogP contribution in [-0.2, 0) is 0 Å². The first kappa shape index (κ1) is 16.6. The molecule has 1 heterocycles. The van der Waals surface area contributed by atoms with Crippen LogP contribution in [0.3, 0.4) is 0 Å². The van der Waals surface area contributed by atoms with Crippen LogP contribution in [0.1, 0.15) is 36.4 Å². The summed E-state index contributed by atoms with van der Waals surface area (Å²) >= 11 is 0. The number of carbonyl (C=O) groups is 1. The first-order valence-electron chi connectivity index (χ1n) is 9.30. The Morgan fingerprint density at radius 2 is 1.73 bits per heavy atom. The minimum absolute atomic E-state index is 0.0237. The summed E-state index contributed by atoms with van der Waals surface area (Å²) in [5.74, 6) is 0.440. The van der Waals surface area contributed by atoms with Crippen LogP contribution in [0, 0.1) is 0 Å². The standard InChI is InChI=1S/C23H24N2O/c1-17(21-13-7-11-19-10-5-6-12-22(19)21)24-23(26)25-15-14-20(16-25)18-8-3-2-4-9-18/h2-13,17,20H,14-16H2,1H3,(H,24,26). The van der Waals surface area contributed by atoms with Gasteiger partial charge in [-0.1, -0.05) is 72.8 Å². The van der Waals surface area contributed by atoms with Gasteiger partial charge in [-0.05, 0) is 35.2 Å². The molecule has 0 spiro atoms. The van der Waals surface area contributed by atoms with Crippen LogP contribution < -0.4 is 5.32 Å². The van der Waals surface area contributed by atoms with Crippen LogP contribution in [0.4, 0.5) is 4.79 Å². The number of likely N-dealkylation sites (tertiary alicyclic amines) is 1. The van der Waals surface area contributed by atoms with Gasteiger partial charge in [0, 0.05) is 19.0 Å². The van der Waals surface area contributed by atoms with E-state index >= 15 is 0 Å². The number of amides is 2. The second kappa shape index (κ2) is 7.20. The van der Waals surface area contributed by atoms with Crippen LogP contribution in [-0.4, -0.2) is 24.0 Å². The maximum Gasteiger partial charge on any atom is 0.317 e. The fraction of sp³-hybridized carbons (Fsp3) is 0.261. The molecule has 0 aliphatic carbocycles. The van der Waals surface area contributed by atoms with Gasteiger partial charge in [0.15, 0.2) is 0 Å². The van der Waals surface area contributed by atoms with Crippen molar-refractivity contribution in [2.45, 2.75) is 25.3 Å². The molecule has 3 nitrogen and oxygen atoms in total. The van der Waals surface area contributed by atoms with E-state index in [1.165, 1.54) is 16.3 Å². The molecule has 0 bridgehead atoms. The Morgan fingerprint density at radius 3 is 2.58 bits per heavy atom. The number of hydrogen-bond acceptors (Lipinski definition) is 1. The maximum absolute atomic E-state index is 12.8. The highest BCUT2D eigenvalue weighted by molar-refractivity contribution is 5.86. The summed E-state index contributed by atoms with van der Waals surface area (Å²) in [5, 5.41) is 5.59. The van der Waals surface area contributed by atoms with Crippen molar-refractivity contribution in [1.82, 2.24) is 10.2 Å². The summed E-state index contributed by atoms with van der Waals surface area (Å²) in [6, 6.07) is 25.1. The van der Waals surface area contributed by atoms with Crippen molar-refractivity contribution in [1.29, 1.82) is 0 Å². The summed E-state index contributed by atoms with van der Waals surface area (Å²) in [6.45, 7) is 3.66. The van der Waals surface area contributed by atoms with Crippen molar-refractivity contribution in [2.75, 3.05) is 13.1 Å². The molecular formula is C23H24N2O. The third-order valence-electron chi connectivity index (χ3n) is 5.38. The molecule has 132 valence electrons. The van der Waals surface area contributed by atoms with Gasteiger partial charge in [-0.3, -0.25) is 0 Å². The summed E-state index contributed by atoms with van der Waals surface area (Å²) in [6.07, 6.45) is 1.03. The molecule has 4 rings (SSSR count). The highest BCUT2D eigenvalue weighted by Crippen LogP contribution is 2.28. The van der Waals surface area contributed by atoms with Gasteiger partial charge in [0.05, 0.1) is 6.04 Å². The maximum atomic E-state index is 12.8. The molecule has 26 heavy (non-hydrogen) atoms. The van der Waals surface area contributed by atoms with Crippen molar-refractivity contribution in [3.63, 3.8) is 0 Å². The van der Waals surface area contributed by atoms with Gasteiger partial charge in [0.2, 0.25) is 0 Å². The molecule has 0 aromatic heterocycles. The minimum atomic E-state index is -0.0237. The van der Waals surface area contributed by atoms with E-state index in [-0.39, 0.29) is 12.1 Å². The molecule has 3 heteroatoms. The third kappa shape index (κ3) is 3.30. The molecule has 0 radical (unpaired) electrons. The Morgan fingerprint density at radius 1 is 1.00 bits per heavy atom. The van der Waals surface area contributed by atoms with E-state index in [0.717, 1.165) is 25.1 Å². The topological polar surface area (TPSA) is 32.3 Å². The van der Waals surface area contributed by atoms with Crippen LogP contribution in [0.25, 0.3) is 10.8 Å². The van der Waals surface area contributed by atoms with E-state index in [9.17, 15) is 4.79 Å². The van der Waals surface area contributed by atoms with E-state index in [2.05, 4.69) is 66.8 Å². The van der Waals surface area contributed by atoms with Gasteiger partial charge < -0.3 is 10.2 Å². The van der Waals surface area contributed by atoms with Crippen LogP contribution in [0.15, 0.2) is 72.8 Å². The zero-order valence-electron chi connectivity index (χ0n) is 15.1. The zero-order chi connectivity index (χ0) is 17.9. The molecule has 0 saturated carbocycles. The highest BCUT2D eigenvalue weighted by Gasteiger charge is 2.28. The second-order valence-electron chi connectivity index (χ2n) is 7.08. The number of urea groups is 1. The summed E-state index contributed by atoms with van der Waals surface area (Å²) in [5.41, 5.74) is 2.49. The number of carbonyl (C=O) groups excluding carboxylic acids is 1. The lowest BCUT2D eigenvalue weighted by atomic mass is 9.99. The first-order chi connectivity index (χ1) is 12.7. The van der Waals surface area contributed by atoms with Gasteiger partial charge in [0.1, 0.15) is 0 Å². The third-order valence-corrected chi connectivity index (χ3v) is 5.38. The molecule has 2 amide bonds. The molecule has 1 N–H and O–H groups in total. The molecule has 3 aromatic rings. The summed E-state index contributed by atoms with van der Waals surface area (Å²) < 4.78 is 0. The van der Waals surface area contributed by atoms with E-state index in [4.69, 9.17) is 0 Å². The van der Waals surface area contributed by atoms with Gasteiger partial charge in [-0.15, -0.1) is 0 Å². The lowest BCUT2D eigenvalue weighted by Crippen LogP contribution is -2.39. The average Bonchev–Trinajstić information content (AvgIpc) is 3.18. The zero-order valence-corrected chi connectivity index (χ0v) is 15.1. The largest absolute Gasteiger partial charge is 0.331 e. The normalized spacial score (nSPS) is 18.0. The van der Waals surface area contributed by atoms with Gasteiger partial charge in [-0.25, -0.2) is 4.79 Å². The van der Waals surface area contributed by atoms with Crippen LogP contribution >= 0.6 is 0 Å². The Kier molecular flexibility index (Phi) is 4.61. The summed E-state index contributed by atoms with van der Waals surface area (Å²) in [7, 11) is 0. The molecule has 3 aromatic carbocycles. The Bertz CT molecular complexity index is 901. The number of hydrogen-bond donors (Lipinski definition) is 1. The van der Waals surface area contributed by atoms with E-state index in [1.54, 1.807) is 0 Å². The predicted molar refractivity (Wildman–Crippen MR) is 106 cm³/mol. The quantitative estimate of drug-likeness (QED) is 0.704. The van der Waals surface area contributed by atoms with Crippen molar-refractivity contribution in [2.24, 2.45) is 0 Å². The molecular weight excluding hydrogens is 320 g/mol. The Balaban J connectivity index is 1.45. The number of nitrogens with one attached hydrogen (secondary N) is 1. The predicted octanol–water partition coefficient (Wildman–Crippen LogP) is 5.10. The van der Waals surface area contributed by atoms with E-state index < -0.39 is 0 Å². The van der Waals surface area contributed by atoms with Crippen LogP contribution in [0.2, 0.25) is 0 Å². The molecule has 1 fully saturated rings. The van der Waals surface area contributed by atoms with Gasteiger partial charge >= 0.3 is 6.03 Å². The number of benzene rings is 3. The van der Waals surface area contributed by atoms with E-state index in [1.807, 2.05) is 23.1 Å². The number of rotatable bonds is 3. The molecule has 2 atom stereocenters. The van der Waals surface area contributed by atoms with Gasteiger partial charge in [0.25, 0.3) is 0 Å². The number of nitrogens with zero attached hydrogens (tertiary/aromatic N) is 1. The average molecular weight is 344 g/mol. The second-order valence-corrected chi connectivity index (χ2v) is 7.08. The van der Waals surface area contributed by atoms with Gasteiger partial charge in [-0.2, -0.15) is 0 Å². The molecule has 1 aliphatic heterocycles. The Hall–Kier alpha value is -2.81. The smallest absolute Gasteiger partial charge is 0.317 e. The lowest BCUT2D eigenvalue weighted by molar-refractivity contribution is 0.205. The SMILES string of the molecule is CC(NC(=O)N1CCC(c2ccccc2)C1)c1cccc2ccccc12. The first-order valence-corrected chi connectivity index (χ1v) is 9.30. The molecule has 1 aliphatic rings. The van der Waals surface area contributed by atoms with Crippen molar-refractivity contribution < 1.29 is 4.79 Å². The Labute approximate surface area is 154 Å². The van der Waals surface area contributed by atoms with Crippen molar-refractivity contribution in [3.8, 4) is 0 Å². The summed E-state index contributed by atoms with van der Waals surface area (Å²) in [4.78, 5) is 14.7. The number of fused-ring (bicyclic) bond motifs is 1. The fourth-order valence-corrected chi connectivity index (χ4v) is 3.92. The molecule has 2 unspecified atom stereocenters. The molecule has 1 saturated heterocycles. The fourth-order valence-electron chi connectivity index (χ4n) is 3.92. The minimum Gasteiger partial charge on any atom is -0.331 e. The van der Waals surface area contributed by atoms with Crippen molar-refractivity contribution >= 4 is 16.8 Å². The van der Waals surface area contributed by atoms with E-state index in [0.29, 0.717) is 5.92 Å². The van der Waals surface area contributed by atoms with Crippen molar-refractivity contribution in [3.05, 3.63) is 83.9 Å². The monoisotopic (exact) mass is 344 g/mol. The highest BCUT2D eigenvalue weighted by atomic mass is 16.2. The lowest BCUT2D eigenvalue weighted by Gasteiger charge is -2.22.